The Kier molecular flexibility index (Phi) is 6.03. The molecule has 0 aliphatic rings. The maximum atomic E-state index is 5.52. The molecule has 2 unspecified atom stereocenters. The average Bonchev–Trinajstić information content (AvgIpc) is 3.01. The molecule has 0 radical (unpaired) electrons. The van der Waals surface area contributed by atoms with Gasteiger partial charge in [-0.05, 0) is 50.7 Å². The highest BCUT2D eigenvalue weighted by Gasteiger charge is 2.16. The number of hydrogen-bond acceptors (Lipinski definition) is 3. The largest absolute Gasteiger partial charge is 0.468 e. The lowest BCUT2D eigenvalue weighted by Crippen LogP contribution is -2.31. The number of likely N-dealkylation sites (N-methyl/N-ethyl adjacent to an activating group) is 1. The van der Waals surface area contributed by atoms with Crippen LogP contribution in [0, 0.1) is 0 Å². The van der Waals surface area contributed by atoms with Crippen LogP contribution in [0.5, 0.6) is 0 Å². The second-order valence-electron chi connectivity index (χ2n) is 5.80. The summed E-state index contributed by atoms with van der Waals surface area (Å²) in [5.74, 6) is 1.60. The van der Waals surface area contributed by atoms with Crippen LogP contribution < -0.4 is 5.32 Å². The molecule has 3 heteroatoms. The van der Waals surface area contributed by atoms with E-state index < -0.39 is 0 Å². The summed E-state index contributed by atoms with van der Waals surface area (Å²) in [5, 5.41) is 3.55. The molecule has 1 N–H and O–H groups in total. The molecular formula is C18H26N2O. The van der Waals surface area contributed by atoms with E-state index >= 15 is 0 Å². The average molecular weight is 286 g/mol. The van der Waals surface area contributed by atoms with Crippen LogP contribution in [0.1, 0.15) is 36.6 Å². The molecule has 2 rings (SSSR count). The number of furan rings is 1. The Morgan fingerprint density at radius 3 is 2.48 bits per heavy atom. The highest BCUT2D eigenvalue weighted by Crippen LogP contribution is 2.19. The molecule has 0 spiro atoms. The van der Waals surface area contributed by atoms with Gasteiger partial charge in [-0.3, -0.25) is 4.90 Å². The molecule has 2 aromatic rings. The molecule has 0 aliphatic heterocycles. The highest BCUT2D eigenvalue weighted by molar-refractivity contribution is 5.18. The van der Waals surface area contributed by atoms with E-state index in [4.69, 9.17) is 4.42 Å². The molecule has 0 saturated carbocycles. The van der Waals surface area contributed by atoms with Crippen molar-refractivity contribution in [2.75, 3.05) is 27.2 Å². The molecule has 114 valence electrons. The smallest absolute Gasteiger partial charge is 0.122 e. The quantitative estimate of drug-likeness (QED) is 0.751. The van der Waals surface area contributed by atoms with E-state index in [2.05, 4.69) is 61.6 Å². The zero-order chi connectivity index (χ0) is 15.1. The summed E-state index contributed by atoms with van der Waals surface area (Å²) in [7, 11) is 4.17. The van der Waals surface area contributed by atoms with E-state index in [1.807, 2.05) is 12.1 Å². The second kappa shape index (κ2) is 8.01. The minimum absolute atomic E-state index is 0.284. The number of benzene rings is 1. The summed E-state index contributed by atoms with van der Waals surface area (Å²) in [6, 6.07) is 15.0. The van der Waals surface area contributed by atoms with Crippen LogP contribution in [-0.4, -0.2) is 32.1 Å². The minimum atomic E-state index is 0.284. The van der Waals surface area contributed by atoms with Gasteiger partial charge in [-0.25, -0.2) is 0 Å². The summed E-state index contributed by atoms with van der Waals surface area (Å²) < 4.78 is 5.52. The van der Waals surface area contributed by atoms with Gasteiger partial charge >= 0.3 is 0 Å². The van der Waals surface area contributed by atoms with Gasteiger partial charge in [0.15, 0.2) is 0 Å². The summed E-state index contributed by atoms with van der Waals surface area (Å²) in [5.41, 5.74) is 1.41. The van der Waals surface area contributed by atoms with Gasteiger partial charge in [0.25, 0.3) is 0 Å². The molecule has 0 fully saturated rings. The Morgan fingerprint density at radius 2 is 1.86 bits per heavy atom. The lowest BCUT2D eigenvalue weighted by atomic mass is 9.98. The van der Waals surface area contributed by atoms with Gasteiger partial charge < -0.3 is 9.73 Å². The molecule has 0 aliphatic carbocycles. The molecule has 21 heavy (non-hydrogen) atoms. The molecule has 3 nitrogen and oxygen atoms in total. The van der Waals surface area contributed by atoms with Crippen molar-refractivity contribution >= 4 is 0 Å². The molecule has 1 heterocycles. The first kappa shape index (κ1) is 15.8. The summed E-state index contributed by atoms with van der Waals surface area (Å²) in [6.45, 7) is 4.20. The van der Waals surface area contributed by atoms with Crippen LogP contribution in [0.3, 0.4) is 0 Å². The summed E-state index contributed by atoms with van der Waals surface area (Å²) in [6.07, 6.45) is 2.88. The van der Waals surface area contributed by atoms with Crippen molar-refractivity contribution in [2.45, 2.75) is 25.3 Å². The third-order valence-corrected chi connectivity index (χ3v) is 3.96. The Balaban J connectivity index is 1.76. The van der Waals surface area contributed by atoms with Crippen molar-refractivity contribution in [2.24, 2.45) is 0 Å². The molecule has 1 aromatic heterocycles. The topological polar surface area (TPSA) is 28.4 Å². The fraction of sp³-hybridized carbons (Fsp3) is 0.444. The van der Waals surface area contributed by atoms with Crippen LogP contribution in [0.25, 0.3) is 0 Å². The van der Waals surface area contributed by atoms with Crippen molar-refractivity contribution < 1.29 is 4.42 Å². The first-order chi connectivity index (χ1) is 10.2. The van der Waals surface area contributed by atoms with Gasteiger partial charge in [0.2, 0.25) is 0 Å². The van der Waals surface area contributed by atoms with Crippen molar-refractivity contribution in [3.63, 3.8) is 0 Å². The predicted molar refractivity (Wildman–Crippen MR) is 87.5 cm³/mol. The predicted octanol–water partition coefficient (Wildman–Crippen LogP) is 3.67. The van der Waals surface area contributed by atoms with E-state index in [0.717, 1.165) is 25.3 Å². The first-order valence-corrected chi connectivity index (χ1v) is 7.64. The Bertz CT molecular complexity index is 493. The Labute approximate surface area is 128 Å². The molecule has 1 aromatic carbocycles. The standard InChI is InChI=1S/C18H26N2O/c1-15(16-8-5-4-6-9-16)11-12-19-14-17(20(2)3)18-10-7-13-21-18/h4-10,13,15,17,19H,11-12,14H2,1-3H3. The minimum Gasteiger partial charge on any atom is -0.468 e. The summed E-state index contributed by atoms with van der Waals surface area (Å²) in [4.78, 5) is 2.19. The third kappa shape index (κ3) is 4.73. The van der Waals surface area contributed by atoms with E-state index in [-0.39, 0.29) is 6.04 Å². The van der Waals surface area contributed by atoms with Crippen LogP contribution in [0.2, 0.25) is 0 Å². The van der Waals surface area contributed by atoms with E-state index in [1.54, 1.807) is 6.26 Å². The van der Waals surface area contributed by atoms with E-state index in [1.165, 1.54) is 5.56 Å². The Morgan fingerprint density at radius 1 is 1.10 bits per heavy atom. The van der Waals surface area contributed by atoms with Crippen LogP contribution in [0.15, 0.2) is 53.1 Å². The first-order valence-electron chi connectivity index (χ1n) is 7.64. The number of nitrogens with one attached hydrogen (secondary N) is 1. The number of hydrogen-bond donors (Lipinski definition) is 1. The van der Waals surface area contributed by atoms with Gasteiger partial charge in [0.05, 0.1) is 12.3 Å². The van der Waals surface area contributed by atoms with Gasteiger partial charge in [-0.15, -0.1) is 0 Å². The maximum Gasteiger partial charge on any atom is 0.122 e. The van der Waals surface area contributed by atoms with Crippen molar-refractivity contribution in [3.8, 4) is 0 Å². The Hall–Kier alpha value is -1.58. The second-order valence-corrected chi connectivity index (χ2v) is 5.80. The zero-order valence-electron chi connectivity index (χ0n) is 13.3. The molecule has 0 amide bonds. The zero-order valence-corrected chi connectivity index (χ0v) is 13.3. The van der Waals surface area contributed by atoms with Gasteiger partial charge in [-0.1, -0.05) is 37.3 Å². The fourth-order valence-electron chi connectivity index (χ4n) is 2.52. The lowest BCUT2D eigenvalue weighted by molar-refractivity contribution is 0.250. The van der Waals surface area contributed by atoms with E-state index in [0.29, 0.717) is 5.92 Å². The van der Waals surface area contributed by atoms with Gasteiger partial charge in [0.1, 0.15) is 5.76 Å². The third-order valence-electron chi connectivity index (χ3n) is 3.96. The fourth-order valence-corrected chi connectivity index (χ4v) is 2.52. The van der Waals surface area contributed by atoms with Crippen molar-refractivity contribution in [3.05, 3.63) is 60.1 Å². The summed E-state index contributed by atoms with van der Waals surface area (Å²) >= 11 is 0. The number of nitrogens with zero attached hydrogens (tertiary/aromatic N) is 1. The van der Waals surface area contributed by atoms with Crippen molar-refractivity contribution in [1.82, 2.24) is 10.2 Å². The number of rotatable bonds is 8. The van der Waals surface area contributed by atoms with Gasteiger partial charge in [0, 0.05) is 6.54 Å². The van der Waals surface area contributed by atoms with Crippen LogP contribution in [0.4, 0.5) is 0 Å². The monoisotopic (exact) mass is 286 g/mol. The van der Waals surface area contributed by atoms with E-state index in [9.17, 15) is 0 Å². The lowest BCUT2D eigenvalue weighted by Gasteiger charge is -2.23. The highest BCUT2D eigenvalue weighted by atomic mass is 16.3. The normalized spacial score (nSPS) is 14.3. The van der Waals surface area contributed by atoms with Crippen LogP contribution in [-0.2, 0) is 0 Å². The van der Waals surface area contributed by atoms with Crippen LogP contribution >= 0.6 is 0 Å². The molecule has 2 atom stereocenters. The SMILES string of the molecule is CC(CCNCC(c1ccco1)N(C)C)c1ccccc1. The van der Waals surface area contributed by atoms with Crippen molar-refractivity contribution in [1.29, 1.82) is 0 Å². The maximum absolute atomic E-state index is 5.52. The molecular weight excluding hydrogens is 260 g/mol. The van der Waals surface area contributed by atoms with Gasteiger partial charge in [-0.2, -0.15) is 0 Å². The molecule has 0 saturated heterocycles. The molecule has 0 bridgehead atoms.